The number of hydrogen-bond acceptors (Lipinski definition) is 2. The molecule has 1 saturated carbocycles. The van der Waals surface area contributed by atoms with Crippen LogP contribution in [-0.4, -0.2) is 5.60 Å². The Bertz CT molecular complexity index is 462. The third-order valence-corrected chi connectivity index (χ3v) is 4.54. The van der Waals surface area contributed by atoms with E-state index in [-0.39, 0.29) is 17.5 Å². The van der Waals surface area contributed by atoms with Crippen molar-refractivity contribution in [3.05, 3.63) is 29.6 Å². The maximum atomic E-state index is 13.3. The van der Waals surface area contributed by atoms with Crippen molar-refractivity contribution in [2.75, 3.05) is 0 Å². The van der Waals surface area contributed by atoms with Gasteiger partial charge < -0.3 is 10.5 Å². The summed E-state index contributed by atoms with van der Waals surface area (Å²) in [4.78, 5) is 0. The molecule has 1 spiro atoms. The molecule has 3 rings (SSSR count). The molecule has 2 N–H and O–H groups in total. The van der Waals surface area contributed by atoms with Gasteiger partial charge in [-0.25, -0.2) is 4.39 Å². The lowest BCUT2D eigenvalue weighted by molar-refractivity contribution is 0.0381. The maximum absolute atomic E-state index is 13.3. The van der Waals surface area contributed by atoms with Crippen molar-refractivity contribution in [1.82, 2.24) is 0 Å². The standard InChI is InChI=1S/C15H20FNO/c1-2-10-5-6-15(8-10)9-13(17)12-4-3-11(16)7-14(12)18-15/h3-4,7,10,13H,2,5-6,8-9,17H2,1H3. The Morgan fingerprint density at radius 2 is 2.28 bits per heavy atom. The van der Waals surface area contributed by atoms with E-state index < -0.39 is 0 Å². The molecule has 1 aromatic rings. The quantitative estimate of drug-likeness (QED) is 0.826. The van der Waals surface area contributed by atoms with Crippen LogP contribution in [0.3, 0.4) is 0 Å². The predicted molar refractivity (Wildman–Crippen MR) is 68.9 cm³/mol. The molecule has 3 unspecified atom stereocenters. The molecule has 1 aliphatic heterocycles. The van der Waals surface area contributed by atoms with Crippen molar-refractivity contribution >= 4 is 0 Å². The molecule has 0 aromatic heterocycles. The van der Waals surface area contributed by atoms with Gasteiger partial charge in [0.2, 0.25) is 0 Å². The fourth-order valence-corrected chi connectivity index (χ4v) is 3.51. The highest BCUT2D eigenvalue weighted by Gasteiger charge is 2.45. The van der Waals surface area contributed by atoms with E-state index in [2.05, 4.69) is 6.92 Å². The summed E-state index contributed by atoms with van der Waals surface area (Å²) in [6, 6.07) is 4.68. The zero-order valence-corrected chi connectivity index (χ0v) is 10.8. The average molecular weight is 249 g/mol. The summed E-state index contributed by atoms with van der Waals surface area (Å²) in [6.45, 7) is 2.22. The van der Waals surface area contributed by atoms with Crippen LogP contribution in [0.5, 0.6) is 5.75 Å². The van der Waals surface area contributed by atoms with Crippen molar-refractivity contribution in [2.45, 2.75) is 50.7 Å². The van der Waals surface area contributed by atoms with E-state index >= 15 is 0 Å². The molecular formula is C15H20FNO. The zero-order valence-electron chi connectivity index (χ0n) is 10.8. The molecule has 1 aliphatic carbocycles. The van der Waals surface area contributed by atoms with Gasteiger partial charge in [0.05, 0.1) is 0 Å². The summed E-state index contributed by atoms with van der Waals surface area (Å²) in [7, 11) is 0. The normalized spacial score (nSPS) is 34.4. The molecule has 0 saturated heterocycles. The van der Waals surface area contributed by atoms with Gasteiger partial charge in [0, 0.05) is 24.1 Å². The highest BCUT2D eigenvalue weighted by molar-refractivity contribution is 5.39. The first-order valence-electron chi connectivity index (χ1n) is 6.86. The molecule has 3 atom stereocenters. The number of hydrogen-bond donors (Lipinski definition) is 1. The molecule has 1 aromatic carbocycles. The largest absolute Gasteiger partial charge is 0.487 e. The minimum atomic E-state index is -0.247. The van der Waals surface area contributed by atoms with E-state index in [0.717, 1.165) is 30.7 Å². The molecule has 18 heavy (non-hydrogen) atoms. The number of nitrogens with two attached hydrogens (primary N) is 1. The second kappa shape index (κ2) is 4.23. The Morgan fingerprint density at radius 3 is 3.00 bits per heavy atom. The van der Waals surface area contributed by atoms with Crippen molar-refractivity contribution in [2.24, 2.45) is 11.7 Å². The number of fused-ring (bicyclic) bond motifs is 1. The van der Waals surface area contributed by atoms with Crippen LogP contribution in [0.15, 0.2) is 18.2 Å². The van der Waals surface area contributed by atoms with Gasteiger partial charge in [0.15, 0.2) is 0 Å². The monoisotopic (exact) mass is 249 g/mol. The van der Waals surface area contributed by atoms with Crippen molar-refractivity contribution in [1.29, 1.82) is 0 Å². The third-order valence-electron chi connectivity index (χ3n) is 4.54. The molecule has 0 amide bonds. The van der Waals surface area contributed by atoms with Gasteiger partial charge in [0.1, 0.15) is 17.2 Å². The van der Waals surface area contributed by atoms with Gasteiger partial charge >= 0.3 is 0 Å². The summed E-state index contributed by atoms with van der Waals surface area (Å²) in [6.07, 6.45) is 5.37. The molecular weight excluding hydrogens is 229 g/mol. The average Bonchev–Trinajstić information content (AvgIpc) is 2.71. The Hall–Kier alpha value is -1.09. The van der Waals surface area contributed by atoms with Crippen molar-refractivity contribution in [3.63, 3.8) is 0 Å². The first-order valence-corrected chi connectivity index (χ1v) is 6.86. The smallest absolute Gasteiger partial charge is 0.127 e. The lowest BCUT2D eigenvalue weighted by Crippen LogP contribution is -2.41. The Kier molecular flexibility index (Phi) is 2.81. The Morgan fingerprint density at radius 1 is 1.44 bits per heavy atom. The number of rotatable bonds is 1. The van der Waals surface area contributed by atoms with Crippen LogP contribution in [0.1, 0.15) is 50.6 Å². The van der Waals surface area contributed by atoms with Gasteiger partial charge in [0.25, 0.3) is 0 Å². The van der Waals surface area contributed by atoms with Gasteiger partial charge in [-0.2, -0.15) is 0 Å². The number of halogens is 1. The molecule has 0 bridgehead atoms. The summed E-state index contributed by atoms with van der Waals surface area (Å²) in [5.41, 5.74) is 7.04. The molecule has 0 radical (unpaired) electrons. The third kappa shape index (κ3) is 1.91. The van der Waals surface area contributed by atoms with Gasteiger partial charge in [-0.3, -0.25) is 0 Å². The number of benzene rings is 1. The van der Waals surface area contributed by atoms with Gasteiger partial charge in [-0.1, -0.05) is 19.4 Å². The van der Waals surface area contributed by atoms with Crippen LogP contribution < -0.4 is 10.5 Å². The maximum Gasteiger partial charge on any atom is 0.127 e. The predicted octanol–water partition coefficient (Wildman–Crippen LogP) is 3.56. The SMILES string of the molecule is CCC1CCC2(C1)CC(N)c1ccc(F)cc1O2. The fraction of sp³-hybridized carbons (Fsp3) is 0.600. The van der Waals surface area contributed by atoms with E-state index in [1.165, 1.54) is 25.0 Å². The zero-order chi connectivity index (χ0) is 12.8. The van der Waals surface area contributed by atoms with E-state index in [4.69, 9.17) is 10.5 Å². The molecule has 1 fully saturated rings. The molecule has 98 valence electrons. The van der Waals surface area contributed by atoms with Crippen LogP contribution >= 0.6 is 0 Å². The van der Waals surface area contributed by atoms with Crippen LogP contribution in [-0.2, 0) is 0 Å². The molecule has 3 heteroatoms. The highest BCUT2D eigenvalue weighted by Crippen LogP contribution is 2.48. The molecule has 2 nitrogen and oxygen atoms in total. The highest BCUT2D eigenvalue weighted by atomic mass is 19.1. The lowest BCUT2D eigenvalue weighted by Gasteiger charge is -2.39. The number of ether oxygens (including phenoxy) is 1. The summed E-state index contributed by atoms with van der Waals surface area (Å²) in [5.74, 6) is 1.14. The minimum Gasteiger partial charge on any atom is -0.487 e. The molecule has 1 heterocycles. The van der Waals surface area contributed by atoms with Crippen molar-refractivity contribution in [3.8, 4) is 5.75 Å². The van der Waals surface area contributed by atoms with Gasteiger partial charge in [-0.15, -0.1) is 0 Å². The van der Waals surface area contributed by atoms with E-state index in [0.29, 0.717) is 5.75 Å². The summed E-state index contributed by atoms with van der Waals surface area (Å²) in [5, 5.41) is 0. The van der Waals surface area contributed by atoms with Crippen LogP contribution in [0.25, 0.3) is 0 Å². The first-order chi connectivity index (χ1) is 8.62. The van der Waals surface area contributed by atoms with E-state index in [1.54, 1.807) is 6.07 Å². The van der Waals surface area contributed by atoms with Crippen LogP contribution in [0.4, 0.5) is 4.39 Å². The lowest BCUT2D eigenvalue weighted by atomic mass is 9.85. The van der Waals surface area contributed by atoms with Crippen LogP contribution in [0, 0.1) is 11.7 Å². The topological polar surface area (TPSA) is 35.2 Å². The Labute approximate surface area is 107 Å². The van der Waals surface area contributed by atoms with Crippen LogP contribution in [0.2, 0.25) is 0 Å². The first kappa shape index (κ1) is 12.0. The second-order valence-electron chi connectivity index (χ2n) is 5.79. The van der Waals surface area contributed by atoms with E-state index in [1.807, 2.05) is 0 Å². The fourth-order valence-electron chi connectivity index (χ4n) is 3.51. The summed E-state index contributed by atoms with van der Waals surface area (Å²) < 4.78 is 19.5. The molecule has 2 aliphatic rings. The van der Waals surface area contributed by atoms with Gasteiger partial charge in [-0.05, 0) is 31.2 Å². The Balaban J connectivity index is 1.91. The van der Waals surface area contributed by atoms with E-state index in [9.17, 15) is 4.39 Å². The minimum absolute atomic E-state index is 0.0232. The summed E-state index contributed by atoms with van der Waals surface area (Å²) >= 11 is 0. The second-order valence-corrected chi connectivity index (χ2v) is 5.79. The van der Waals surface area contributed by atoms with Crippen molar-refractivity contribution < 1.29 is 9.13 Å².